The lowest BCUT2D eigenvalue weighted by Crippen LogP contribution is -2.30. The van der Waals surface area contributed by atoms with Gasteiger partial charge in [0, 0.05) is 12.0 Å². The van der Waals surface area contributed by atoms with Crippen LogP contribution in [0.3, 0.4) is 0 Å². The summed E-state index contributed by atoms with van der Waals surface area (Å²) in [4.78, 5) is 4.62. The molecule has 1 aromatic rings. The highest BCUT2D eigenvalue weighted by molar-refractivity contribution is 5.10. The predicted octanol–water partition coefficient (Wildman–Crippen LogP) is 2.79. The SMILES string of the molecule is CC1CC1c1noc(C2CC3CCCCC3N2)n1. The molecule has 0 amide bonds. The fourth-order valence-corrected chi connectivity index (χ4v) is 3.73. The molecule has 98 valence electrons. The van der Waals surface area contributed by atoms with Crippen molar-refractivity contribution >= 4 is 0 Å². The number of aromatic nitrogens is 2. The maximum absolute atomic E-state index is 5.48. The van der Waals surface area contributed by atoms with E-state index in [-0.39, 0.29) is 0 Å². The highest BCUT2D eigenvalue weighted by atomic mass is 16.5. The van der Waals surface area contributed by atoms with Gasteiger partial charge in [0.2, 0.25) is 5.89 Å². The zero-order chi connectivity index (χ0) is 12.1. The van der Waals surface area contributed by atoms with Gasteiger partial charge in [-0.1, -0.05) is 24.9 Å². The first-order valence-electron chi connectivity index (χ1n) is 7.41. The van der Waals surface area contributed by atoms with E-state index in [1.165, 1.54) is 38.5 Å². The van der Waals surface area contributed by atoms with Gasteiger partial charge in [0.25, 0.3) is 0 Å². The largest absolute Gasteiger partial charge is 0.338 e. The van der Waals surface area contributed by atoms with Crippen molar-refractivity contribution in [1.29, 1.82) is 0 Å². The van der Waals surface area contributed by atoms with Gasteiger partial charge in [-0.3, -0.25) is 0 Å². The lowest BCUT2D eigenvalue weighted by Gasteiger charge is -2.24. The summed E-state index contributed by atoms with van der Waals surface area (Å²) in [5.41, 5.74) is 0. The third-order valence-electron chi connectivity index (χ3n) is 5.06. The molecule has 3 fully saturated rings. The van der Waals surface area contributed by atoms with Crippen LogP contribution in [0, 0.1) is 11.8 Å². The lowest BCUT2D eigenvalue weighted by molar-refractivity contribution is 0.324. The summed E-state index contributed by atoms with van der Waals surface area (Å²) < 4.78 is 5.48. The van der Waals surface area contributed by atoms with Crippen LogP contribution in [0.1, 0.15) is 69.1 Å². The molecule has 1 aromatic heterocycles. The molecule has 0 spiro atoms. The van der Waals surface area contributed by atoms with Crippen molar-refractivity contribution in [1.82, 2.24) is 15.5 Å². The Morgan fingerprint density at radius 2 is 2.06 bits per heavy atom. The molecule has 1 saturated heterocycles. The molecule has 2 saturated carbocycles. The average molecular weight is 247 g/mol. The highest BCUT2D eigenvalue weighted by Crippen LogP contribution is 2.46. The molecular formula is C14H21N3O. The average Bonchev–Trinajstić information content (AvgIpc) is 2.87. The van der Waals surface area contributed by atoms with E-state index in [2.05, 4.69) is 22.4 Å². The van der Waals surface area contributed by atoms with E-state index in [4.69, 9.17) is 4.52 Å². The van der Waals surface area contributed by atoms with Gasteiger partial charge < -0.3 is 9.84 Å². The number of nitrogens with zero attached hydrogens (tertiary/aromatic N) is 2. The number of nitrogens with one attached hydrogen (secondary N) is 1. The van der Waals surface area contributed by atoms with E-state index in [0.717, 1.165) is 23.6 Å². The van der Waals surface area contributed by atoms with Crippen molar-refractivity contribution in [2.24, 2.45) is 11.8 Å². The Morgan fingerprint density at radius 1 is 1.22 bits per heavy atom. The minimum Gasteiger partial charge on any atom is -0.338 e. The third-order valence-corrected chi connectivity index (χ3v) is 5.06. The Balaban J connectivity index is 1.48. The number of hydrogen-bond donors (Lipinski definition) is 1. The van der Waals surface area contributed by atoms with Crippen LogP contribution in [-0.4, -0.2) is 16.2 Å². The molecule has 18 heavy (non-hydrogen) atoms. The molecule has 3 aliphatic rings. The zero-order valence-electron chi connectivity index (χ0n) is 10.9. The Hall–Kier alpha value is -0.900. The highest BCUT2D eigenvalue weighted by Gasteiger charge is 2.41. The van der Waals surface area contributed by atoms with Gasteiger partial charge in [0.1, 0.15) is 0 Å². The summed E-state index contributed by atoms with van der Waals surface area (Å²) in [5, 5.41) is 7.86. The van der Waals surface area contributed by atoms with Crippen LogP contribution >= 0.6 is 0 Å². The first-order chi connectivity index (χ1) is 8.81. The molecule has 2 aliphatic carbocycles. The van der Waals surface area contributed by atoms with Crippen LogP contribution in [0.2, 0.25) is 0 Å². The number of rotatable bonds is 2. The second-order valence-corrected chi connectivity index (χ2v) is 6.42. The summed E-state index contributed by atoms with van der Waals surface area (Å²) in [7, 11) is 0. The standard InChI is InChI=1S/C14H21N3O/c1-8-6-10(8)13-16-14(18-17-13)12-7-9-4-2-3-5-11(9)15-12/h8-12,15H,2-7H2,1H3. The fraction of sp³-hybridized carbons (Fsp3) is 0.857. The molecule has 1 N–H and O–H groups in total. The Bertz CT molecular complexity index is 430. The van der Waals surface area contributed by atoms with Crippen LogP contribution in [0.4, 0.5) is 0 Å². The zero-order valence-corrected chi connectivity index (χ0v) is 10.9. The Morgan fingerprint density at radius 3 is 2.83 bits per heavy atom. The molecule has 5 unspecified atom stereocenters. The number of hydrogen-bond acceptors (Lipinski definition) is 4. The molecule has 4 rings (SSSR count). The van der Waals surface area contributed by atoms with Crippen LogP contribution < -0.4 is 5.32 Å². The molecule has 1 aliphatic heterocycles. The van der Waals surface area contributed by atoms with Crippen molar-refractivity contribution in [3.05, 3.63) is 11.7 Å². The molecule has 2 heterocycles. The molecule has 4 heteroatoms. The van der Waals surface area contributed by atoms with Crippen molar-refractivity contribution in [3.8, 4) is 0 Å². The smallest absolute Gasteiger partial charge is 0.243 e. The summed E-state index contributed by atoms with van der Waals surface area (Å²) in [6.07, 6.45) is 7.87. The van der Waals surface area contributed by atoms with Gasteiger partial charge in [0.05, 0.1) is 6.04 Å². The Labute approximate surface area is 108 Å². The topological polar surface area (TPSA) is 51.0 Å². The molecular weight excluding hydrogens is 226 g/mol. The molecule has 0 aromatic carbocycles. The van der Waals surface area contributed by atoms with Gasteiger partial charge in [-0.05, 0) is 37.5 Å². The van der Waals surface area contributed by atoms with Gasteiger partial charge >= 0.3 is 0 Å². The summed E-state index contributed by atoms with van der Waals surface area (Å²) in [6, 6.07) is 1.01. The van der Waals surface area contributed by atoms with E-state index in [1.807, 2.05) is 0 Å². The molecule has 0 bridgehead atoms. The number of fused-ring (bicyclic) bond motifs is 1. The Kier molecular flexibility index (Phi) is 2.47. The monoisotopic (exact) mass is 247 g/mol. The summed E-state index contributed by atoms with van der Waals surface area (Å²) in [5.74, 6) is 3.91. The minimum atomic E-state index is 0.313. The van der Waals surface area contributed by atoms with Crippen molar-refractivity contribution in [2.75, 3.05) is 0 Å². The molecule has 0 radical (unpaired) electrons. The molecule has 5 atom stereocenters. The first kappa shape index (κ1) is 11.0. The second-order valence-electron chi connectivity index (χ2n) is 6.42. The lowest BCUT2D eigenvalue weighted by atomic mass is 9.85. The van der Waals surface area contributed by atoms with Gasteiger partial charge in [0.15, 0.2) is 5.82 Å². The van der Waals surface area contributed by atoms with E-state index in [9.17, 15) is 0 Å². The van der Waals surface area contributed by atoms with E-state index in [0.29, 0.717) is 18.0 Å². The van der Waals surface area contributed by atoms with Crippen LogP contribution in [0.5, 0.6) is 0 Å². The maximum atomic E-state index is 5.48. The van der Waals surface area contributed by atoms with Crippen LogP contribution in [-0.2, 0) is 0 Å². The van der Waals surface area contributed by atoms with E-state index in [1.54, 1.807) is 0 Å². The van der Waals surface area contributed by atoms with Gasteiger partial charge in [-0.2, -0.15) is 4.98 Å². The van der Waals surface area contributed by atoms with Crippen molar-refractivity contribution < 1.29 is 4.52 Å². The normalized spacial score (nSPS) is 42.8. The summed E-state index contributed by atoms with van der Waals surface area (Å²) >= 11 is 0. The molecule has 4 nitrogen and oxygen atoms in total. The van der Waals surface area contributed by atoms with E-state index >= 15 is 0 Å². The van der Waals surface area contributed by atoms with E-state index < -0.39 is 0 Å². The van der Waals surface area contributed by atoms with Crippen molar-refractivity contribution in [2.45, 2.75) is 63.5 Å². The van der Waals surface area contributed by atoms with Gasteiger partial charge in [-0.15, -0.1) is 0 Å². The first-order valence-corrected chi connectivity index (χ1v) is 7.41. The van der Waals surface area contributed by atoms with Crippen molar-refractivity contribution in [3.63, 3.8) is 0 Å². The third kappa shape index (κ3) is 1.78. The van der Waals surface area contributed by atoms with Crippen LogP contribution in [0.25, 0.3) is 0 Å². The second kappa shape index (κ2) is 4.05. The van der Waals surface area contributed by atoms with Crippen LogP contribution in [0.15, 0.2) is 4.52 Å². The summed E-state index contributed by atoms with van der Waals surface area (Å²) in [6.45, 7) is 2.25. The quantitative estimate of drug-likeness (QED) is 0.873. The van der Waals surface area contributed by atoms with Gasteiger partial charge in [-0.25, -0.2) is 0 Å². The minimum absolute atomic E-state index is 0.313. The maximum Gasteiger partial charge on any atom is 0.243 e. The predicted molar refractivity (Wildman–Crippen MR) is 67.1 cm³/mol. The fourth-order valence-electron chi connectivity index (χ4n) is 3.73.